The molecule has 5 nitrogen and oxygen atoms in total. The summed E-state index contributed by atoms with van der Waals surface area (Å²) >= 11 is 0. The summed E-state index contributed by atoms with van der Waals surface area (Å²) in [5.74, 6) is 0.627. The van der Waals surface area contributed by atoms with Gasteiger partial charge in [0.15, 0.2) is 5.58 Å². The fourth-order valence-corrected chi connectivity index (χ4v) is 3.25. The second kappa shape index (κ2) is 4.06. The molecule has 2 N–H and O–H groups in total. The lowest BCUT2D eigenvalue weighted by Crippen LogP contribution is -2.48. The summed E-state index contributed by atoms with van der Waals surface area (Å²) in [6.45, 7) is 1.09. The number of aromatic nitrogens is 1. The average Bonchev–Trinajstić information content (AvgIpc) is 3.13. The van der Waals surface area contributed by atoms with Gasteiger partial charge in [-0.25, -0.2) is 4.98 Å². The van der Waals surface area contributed by atoms with Gasteiger partial charge in [0.05, 0.1) is 12.5 Å². The number of nitrogens with zero attached hydrogens (tertiary/aromatic N) is 1. The molecule has 98 valence electrons. The second-order valence-corrected chi connectivity index (χ2v) is 5.46. The highest BCUT2D eigenvalue weighted by atomic mass is 16.3. The Balaban J connectivity index is 1.53. The molecule has 19 heavy (non-hydrogen) atoms. The zero-order valence-electron chi connectivity index (χ0n) is 10.4. The third kappa shape index (κ3) is 1.81. The maximum Gasteiger partial charge on any atom is 0.270 e. The molecule has 1 saturated heterocycles. The number of pyridine rings is 1. The van der Waals surface area contributed by atoms with Crippen LogP contribution in [-0.2, 0) is 0 Å². The molecule has 1 saturated carbocycles. The maximum absolute atomic E-state index is 12.2. The van der Waals surface area contributed by atoms with Gasteiger partial charge in [0.25, 0.3) is 5.91 Å². The summed E-state index contributed by atoms with van der Waals surface area (Å²) in [5.41, 5.74) is 1.16. The molecule has 3 unspecified atom stereocenters. The van der Waals surface area contributed by atoms with E-state index in [1.165, 1.54) is 6.42 Å². The van der Waals surface area contributed by atoms with Crippen molar-refractivity contribution in [1.29, 1.82) is 0 Å². The molecule has 2 aromatic rings. The molecule has 3 atom stereocenters. The third-order valence-electron chi connectivity index (χ3n) is 4.22. The predicted molar refractivity (Wildman–Crippen MR) is 69.8 cm³/mol. The average molecular weight is 257 g/mol. The Morgan fingerprint density at radius 3 is 3.21 bits per heavy atom. The molecule has 2 aliphatic rings. The Bertz CT molecular complexity index is 636. The highest BCUT2D eigenvalue weighted by Crippen LogP contribution is 2.31. The predicted octanol–water partition coefficient (Wildman–Crippen LogP) is 1.31. The van der Waals surface area contributed by atoms with Crippen molar-refractivity contribution in [2.45, 2.75) is 24.9 Å². The molecule has 2 bridgehead atoms. The quantitative estimate of drug-likeness (QED) is 0.851. The van der Waals surface area contributed by atoms with E-state index in [1.807, 2.05) is 6.07 Å². The number of carbonyl (C=O) groups excluding carboxylic acids is 1. The van der Waals surface area contributed by atoms with E-state index in [2.05, 4.69) is 15.6 Å². The van der Waals surface area contributed by atoms with Crippen LogP contribution in [0.1, 0.15) is 23.3 Å². The van der Waals surface area contributed by atoms with Crippen LogP contribution in [0, 0.1) is 5.92 Å². The van der Waals surface area contributed by atoms with Crippen molar-refractivity contribution in [3.05, 3.63) is 30.3 Å². The molecular formula is C14H15N3O2. The first kappa shape index (κ1) is 11.0. The summed E-state index contributed by atoms with van der Waals surface area (Å²) in [6.07, 6.45) is 5.47. The van der Waals surface area contributed by atoms with Crippen molar-refractivity contribution in [2.75, 3.05) is 6.54 Å². The Labute approximate surface area is 110 Å². The molecule has 1 aliphatic carbocycles. The van der Waals surface area contributed by atoms with Crippen LogP contribution in [-0.4, -0.2) is 29.5 Å². The number of hydrogen-bond donors (Lipinski definition) is 2. The first-order chi connectivity index (χ1) is 9.29. The number of piperidine rings is 1. The van der Waals surface area contributed by atoms with Crippen LogP contribution < -0.4 is 10.6 Å². The summed E-state index contributed by atoms with van der Waals surface area (Å²) < 4.78 is 5.22. The van der Waals surface area contributed by atoms with E-state index in [4.69, 9.17) is 4.42 Å². The minimum Gasteiger partial charge on any atom is -0.463 e. The topological polar surface area (TPSA) is 67.2 Å². The first-order valence-corrected chi connectivity index (χ1v) is 6.67. The van der Waals surface area contributed by atoms with E-state index in [0.717, 1.165) is 24.3 Å². The lowest BCUT2D eigenvalue weighted by atomic mass is 10.1. The van der Waals surface area contributed by atoms with E-state index in [-0.39, 0.29) is 11.9 Å². The number of amides is 1. The number of carbonyl (C=O) groups is 1. The Morgan fingerprint density at radius 2 is 2.42 bits per heavy atom. The lowest BCUT2D eigenvalue weighted by molar-refractivity contribution is 0.0923. The van der Waals surface area contributed by atoms with E-state index < -0.39 is 0 Å². The van der Waals surface area contributed by atoms with Crippen LogP contribution in [0.5, 0.6) is 0 Å². The zero-order valence-corrected chi connectivity index (χ0v) is 10.4. The van der Waals surface area contributed by atoms with E-state index >= 15 is 0 Å². The van der Waals surface area contributed by atoms with Crippen LogP contribution in [0.15, 0.2) is 29.0 Å². The van der Waals surface area contributed by atoms with Crippen LogP contribution >= 0.6 is 0 Å². The van der Waals surface area contributed by atoms with Gasteiger partial charge < -0.3 is 15.1 Å². The SMILES string of the molecule is O=C(NC1CC2CNC1C2)c1cc2ccoc2cn1. The van der Waals surface area contributed by atoms with Crippen molar-refractivity contribution in [3.8, 4) is 0 Å². The fraction of sp³-hybridized carbons (Fsp3) is 0.429. The number of rotatable bonds is 2. The highest BCUT2D eigenvalue weighted by Gasteiger charge is 2.40. The highest BCUT2D eigenvalue weighted by molar-refractivity contribution is 5.95. The monoisotopic (exact) mass is 257 g/mol. The first-order valence-electron chi connectivity index (χ1n) is 6.67. The van der Waals surface area contributed by atoms with Gasteiger partial charge in [0, 0.05) is 17.5 Å². The zero-order chi connectivity index (χ0) is 12.8. The van der Waals surface area contributed by atoms with Gasteiger partial charge in [0.1, 0.15) is 5.69 Å². The number of fused-ring (bicyclic) bond motifs is 3. The molecule has 1 aliphatic heterocycles. The third-order valence-corrected chi connectivity index (χ3v) is 4.22. The van der Waals surface area contributed by atoms with Crippen molar-refractivity contribution < 1.29 is 9.21 Å². The number of nitrogens with one attached hydrogen (secondary N) is 2. The standard InChI is InChI=1S/C14H15N3O2/c18-14(17-11-4-8-3-10(11)15-6-8)12-5-9-1-2-19-13(9)7-16-12/h1-2,5,7-8,10-11,15H,3-4,6H2,(H,17,18). The molecule has 4 rings (SSSR count). The Kier molecular flexibility index (Phi) is 2.35. The molecule has 2 fully saturated rings. The van der Waals surface area contributed by atoms with Gasteiger partial charge in [-0.15, -0.1) is 0 Å². The van der Waals surface area contributed by atoms with E-state index in [0.29, 0.717) is 17.3 Å². The van der Waals surface area contributed by atoms with E-state index in [1.54, 1.807) is 18.5 Å². The molecular weight excluding hydrogens is 242 g/mol. The van der Waals surface area contributed by atoms with Crippen molar-refractivity contribution >= 4 is 16.9 Å². The number of hydrogen-bond acceptors (Lipinski definition) is 4. The molecule has 0 radical (unpaired) electrons. The lowest BCUT2D eigenvalue weighted by Gasteiger charge is -2.23. The van der Waals surface area contributed by atoms with Gasteiger partial charge in [-0.05, 0) is 37.4 Å². The van der Waals surface area contributed by atoms with E-state index in [9.17, 15) is 4.79 Å². The second-order valence-electron chi connectivity index (χ2n) is 5.46. The van der Waals surface area contributed by atoms with Gasteiger partial charge in [-0.3, -0.25) is 4.79 Å². The van der Waals surface area contributed by atoms with Crippen LogP contribution in [0.4, 0.5) is 0 Å². The Morgan fingerprint density at radius 1 is 1.47 bits per heavy atom. The summed E-state index contributed by atoms with van der Waals surface area (Å²) in [6, 6.07) is 4.29. The molecule has 0 aromatic carbocycles. The minimum atomic E-state index is -0.0950. The molecule has 1 amide bonds. The van der Waals surface area contributed by atoms with Crippen molar-refractivity contribution in [3.63, 3.8) is 0 Å². The molecule has 3 heterocycles. The number of furan rings is 1. The maximum atomic E-state index is 12.2. The van der Waals surface area contributed by atoms with Gasteiger partial charge >= 0.3 is 0 Å². The van der Waals surface area contributed by atoms with Crippen LogP contribution in [0.3, 0.4) is 0 Å². The Hall–Kier alpha value is -1.88. The normalized spacial score (nSPS) is 28.9. The summed E-state index contributed by atoms with van der Waals surface area (Å²) in [7, 11) is 0. The van der Waals surface area contributed by atoms with Gasteiger partial charge in [-0.1, -0.05) is 0 Å². The fourth-order valence-electron chi connectivity index (χ4n) is 3.25. The largest absolute Gasteiger partial charge is 0.463 e. The minimum absolute atomic E-state index is 0.0950. The summed E-state index contributed by atoms with van der Waals surface area (Å²) in [4.78, 5) is 16.4. The smallest absolute Gasteiger partial charge is 0.270 e. The van der Waals surface area contributed by atoms with Gasteiger partial charge in [0.2, 0.25) is 0 Å². The summed E-state index contributed by atoms with van der Waals surface area (Å²) in [5, 5.41) is 7.44. The van der Waals surface area contributed by atoms with Crippen molar-refractivity contribution in [1.82, 2.24) is 15.6 Å². The van der Waals surface area contributed by atoms with Gasteiger partial charge in [-0.2, -0.15) is 0 Å². The molecule has 2 aromatic heterocycles. The molecule has 0 spiro atoms. The van der Waals surface area contributed by atoms with Crippen LogP contribution in [0.25, 0.3) is 11.0 Å². The van der Waals surface area contributed by atoms with Crippen LogP contribution in [0.2, 0.25) is 0 Å². The molecule has 5 heteroatoms. The van der Waals surface area contributed by atoms with Crippen molar-refractivity contribution in [2.24, 2.45) is 5.92 Å².